The van der Waals surface area contributed by atoms with Crippen molar-refractivity contribution in [3.63, 3.8) is 0 Å². The van der Waals surface area contributed by atoms with Crippen LogP contribution in [0, 0.1) is 10.5 Å². The molecule has 3 rings (SSSR count). The fraction of sp³-hybridized carbons (Fsp3) is 0.136. The molecule has 0 fully saturated rings. The van der Waals surface area contributed by atoms with Crippen molar-refractivity contribution in [1.82, 2.24) is 0 Å². The second-order valence-electron chi connectivity index (χ2n) is 6.38. The molecule has 0 aliphatic rings. The number of carbonyl (C=O) groups excluding carboxylic acids is 3. The van der Waals surface area contributed by atoms with Crippen LogP contribution in [0.4, 0.5) is 10.7 Å². The van der Waals surface area contributed by atoms with Crippen molar-refractivity contribution in [3.8, 4) is 0 Å². The fourth-order valence-electron chi connectivity index (χ4n) is 2.80. The molecule has 2 N–H and O–H groups in total. The highest BCUT2D eigenvalue weighted by atomic mass is 127. The molecule has 6 nitrogen and oxygen atoms in total. The van der Waals surface area contributed by atoms with E-state index in [1.165, 1.54) is 0 Å². The van der Waals surface area contributed by atoms with Crippen molar-refractivity contribution < 1.29 is 19.1 Å². The monoisotopic (exact) mass is 568 g/mol. The molecule has 31 heavy (non-hydrogen) atoms. The second-order valence-corrected chi connectivity index (χ2v) is 9.00. The first-order chi connectivity index (χ1) is 14.8. The second kappa shape index (κ2) is 10.3. The van der Waals surface area contributed by atoms with Crippen molar-refractivity contribution in [3.05, 3.63) is 78.7 Å². The maximum absolute atomic E-state index is 12.9. The third-order valence-electron chi connectivity index (χ3n) is 4.28. The van der Waals surface area contributed by atoms with E-state index in [1.807, 2.05) is 12.1 Å². The number of amides is 2. The topological polar surface area (TPSA) is 84.5 Å². The summed E-state index contributed by atoms with van der Waals surface area (Å²) < 4.78 is 5.92. The van der Waals surface area contributed by atoms with E-state index in [-0.39, 0.29) is 23.1 Å². The standard InChI is InChI=1S/C22H18ClIN2O4S/c1-3-30-22(29)17-12(2)18(20(28)25-14-10-8-13(23)9-11-14)31-21(17)26-19(27)15-6-4-5-7-16(15)24/h4-11H,3H2,1-2H3,(H,25,28)(H,26,27). The predicted octanol–water partition coefficient (Wildman–Crippen LogP) is 6.00. The highest BCUT2D eigenvalue weighted by Crippen LogP contribution is 2.35. The summed E-state index contributed by atoms with van der Waals surface area (Å²) >= 11 is 8.98. The van der Waals surface area contributed by atoms with E-state index in [9.17, 15) is 14.4 Å². The van der Waals surface area contributed by atoms with Gasteiger partial charge in [-0.05, 0) is 78.4 Å². The van der Waals surface area contributed by atoms with Gasteiger partial charge in [0.05, 0.1) is 22.6 Å². The van der Waals surface area contributed by atoms with Crippen LogP contribution in [0.3, 0.4) is 0 Å². The van der Waals surface area contributed by atoms with Gasteiger partial charge in [0.2, 0.25) is 0 Å². The Bertz CT molecular complexity index is 1140. The average molecular weight is 569 g/mol. The molecular weight excluding hydrogens is 551 g/mol. The van der Waals surface area contributed by atoms with E-state index < -0.39 is 11.9 Å². The Morgan fingerprint density at radius 1 is 1.03 bits per heavy atom. The van der Waals surface area contributed by atoms with Crippen LogP contribution < -0.4 is 10.6 Å². The largest absolute Gasteiger partial charge is 0.462 e. The third kappa shape index (κ3) is 5.44. The van der Waals surface area contributed by atoms with Gasteiger partial charge in [-0.1, -0.05) is 23.7 Å². The van der Waals surface area contributed by atoms with Crippen LogP contribution in [0.2, 0.25) is 5.02 Å². The number of esters is 1. The summed E-state index contributed by atoms with van der Waals surface area (Å²) in [6.07, 6.45) is 0. The zero-order valence-corrected chi connectivity index (χ0v) is 20.4. The number of ether oxygens (including phenoxy) is 1. The molecule has 0 aliphatic heterocycles. The normalized spacial score (nSPS) is 10.5. The third-order valence-corrected chi connectivity index (χ3v) is 6.68. The van der Waals surface area contributed by atoms with Crippen LogP contribution in [0.15, 0.2) is 48.5 Å². The molecule has 0 atom stereocenters. The fourth-order valence-corrected chi connectivity index (χ4v) is 4.65. The van der Waals surface area contributed by atoms with Gasteiger partial charge in [0, 0.05) is 14.3 Å². The Balaban J connectivity index is 1.95. The molecule has 0 spiro atoms. The van der Waals surface area contributed by atoms with Gasteiger partial charge < -0.3 is 15.4 Å². The summed E-state index contributed by atoms with van der Waals surface area (Å²) in [4.78, 5) is 38.6. The number of benzene rings is 2. The number of rotatable bonds is 6. The molecule has 0 unspecified atom stereocenters. The highest BCUT2D eigenvalue weighted by molar-refractivity contribution is 14.1. The summed E-state index contributed by atoms with van der Waals surface area (Å²) in [6, 6.07) is 13.8. The first kappa shape index (κ1) is 23.2. The van der Waals surface area contributed by atoms with E-state index in [2.05, 4.69) is 33.2 Å². The Morgan fingerprint density at radius 2 is 1.71 bits per heavy atom. The minimum absolute atomic E-state index is 0.171. The summed E-state index contributed by atoms with van der Waals surface area (Å²) in [5, 5.41) is 6.37. The van der Waals surface area contributed by atoms with E-state index in [1.54, 1.807) is 50.2 Å². The van der Waals surface area contributed by atoms with Gasteiger partial charge in [-0.3, -0.25) is 9.59 Å². The van der Waals surface area contributed by atoms with Crippen LogP contribution in [0.5, 0.6) is 0 Å². The maximum atomic E-state index is 12.9. The van der Waals surface area contributed by atoms with Crippen molar-refractivity contribution in [2.24, 2.45) is 0 Å². The lowest BCUT2D eigenvalue weighted by molar-refractivity contribution is 0.0527. The van der Waals surface area contributed by atoms with Gasteiger partial charge in [-0.25, -0.2) is 4.79 Å². The summed E-state index contributed by atoms with van der Waals surface area (Å²) in [6.45, 7) is 3.52. The van der Waals surface area contributed by atoms with Crippen molar-refractivity contribution in [2.45, 2.75) is 13.8 Å². The lowest BCUT2D eigenvalue weighted by atomic mass is 10.1. The molecular formula is C22H18ClIN2O4S. The molecule has 1 heterocycles. The number of thiophene rings is 1. The first-order valence-corrected chi connectivity index (χ1v) is 11.5. The molecule has 3 aromatic rings. The molecule has 9 heteroatoms. The van der Waals surface area contributed by atoms with Crippen molar-refractivity contribution in [2.75, 3.05) is 17.2 Å². The molecule has 0 aliphatic carbocycles. The smallest absolute Gasteiger partial charge is 0.341 e. The van der Waals surface area contributed by atoms with Gasteiger partial charge in [0.1, 0.15) is 5.00 Å². The lowest BCUT2D eigenvalue weighted by Gasteiger charge is -2.08. The zero-order valence-electron chi connectivity index (χ0n) is 16.6. The van der Waals surface area contributed by atoms with Crippen LogP contribution in [0.1, 0.15) is 42.9 Å². The number of halogens is 2. The Hall–Kier alpha value is -2.43. The maximum Gasteiger partial charge on any atom is 0.341 e. The van der Waals surface area contributed by atoms with Gasteiger partial charge in [-0.2, -0.15) is 0 Å². The minimum atomic E-state index is -0.597. The molecule has 160 valence electrons. The summed E-state index contributed by atoms with van der Waals surface area (Å²) in [7, 11) is 0. The Kier molecular flexibility index (Phi) is 7.69. The van der Waals surface area contributed by atoms with Gasteiger partial charge in [0.15, 0.2) is 0 Å². The molecule has 2 aromatic carbocycles. The SMILES string of the molecule is CCOC(=O)c1c(NC(=O)c2ccccc2I)sc(C(=O)Nc2ccc(Cl)cc2)c1C. The van der Waals surface area contributed by atoms with Gasteiger partial charge in [0.25, 0.3) is 11.8 Å². The Labute approximate surface area is 202 Å². The van der Waals surface area contributed by atoms with E-state index in [4.69, 9.17) is 16.3 Å². The Morgan fingerprint density at radius 3 is 2.35 bits per heavy atom. The van der Waals surface area contributed by atoms with Crippen LogP contribution in [0.25, 0.3) is 0 Å². The molecule has 2 amide bonds. The average Bonchev–Trinajstić information content (AvgIpc) is 3.06. The first-order valence-electron chi connectivity index (χ1n) is 9.25. The number of carbonyl (C=O) groups is 3. The quantitative estimate of drug-likeness (QED) is 0.282. The van der Waals surface area contributed by atoms with Crippen molar-refractivity contribution in [1.29, 1.82) is 0 Å². The number of hydrogen-bond acceptors (Lipinski definition) is 5. The molecule has 0 bridgehead atoms. The lowest BCUT2D eigenvalue weighted by Crippen LogP contribution is -2.16. The van der Waals surface area contributed by atoms with Gasteiger partial charge in [-0.15, -0.1) is 11.3 Å². The van der Waals surface area contributed by atoms with E-state index in [0.29, 0.717) is 26.7 Å². The van der Waals surface area contributed by atoms with Crippen LogP contribution in [-0.4, -0.2) is 24.4 Å². The predicted molar refractivity (Wildman–Crippen MR) is 132 cm³/mol. The number of anilines is 2. The number of nitrogens with one attached hydrogen (secondary N) is 2. The van der Waals surface area contributed by atoms with E-state index >= 15 is 0 Å². The summed E-state index contributed by atoms with van der Waals surface area (Å²) in [5.41, 5.74) is 1.64. The van der Waals surface area contributed by atoms with Crippen LogP contribution >= 0.6 is 45.5 Å². The molecule has 0 saturated heterocycles. The van der Waals surface area contributed by atoms with Crippen molar-refractivity contribution >= 4 is 74.0 Å². The van der Waals surface area contributed by atoms with Gasteiger partial charge >= 0.3 is 5.97 Å². The molecule has 1 aromatic heterocycles. The molecule has 0 radical (unpaired) electrons. The highest BCUT2D eigenvalue weighted by Gasteiger charge is 2.27. The van der Waals surface area contributed by atoms with Crippen LogP contribution in [-0.2, 0) is 4.74 Å². The number of hydrogen-bond donors (Lipinski definition) is 2. The zero-order chi connectivity index (χ0) is 22.5. The van der Waals surface area contributed by atoms with E-state index in [0.717, 1.165) is 14.9 Å². The molecule has 0 saturated carbocycles. The summed E-state index contributed by atoms with van der Waals surface area (Å²) in [5.74, 6) is -1.37. The minimum Gasteiger partial charge on any atom is -0.462 e.